The normalized spacial score (nSPS) is 13.0. The smallest absolute Gasteiger partial charge is 0.411 e. The predicted molar refractivity (Wildman–Crippen MR) is 376 cm³/mol. The van der Waals surface area contributed by atoms with Crippen molar-refractivity contribution in [2.75, 3.05) is 63.7 Å². The van der Waals surface area contributed by atoms with Crippen LogP contribution in [0.1, 0.15) is 95.3 Å². The van der Waals surface area contributed by atoms with Crippen molar-refractivity contribution in [2.45, 2.75) is 45.4 Å². The van der Waals surface area contributed by atoms with Crippen LogP contribution in [0, 0.1) is 13.8 Å². The number of anilines is 7. The molecule has 0 saturated heterocycles. The number of benzene rings is 8. The summed E-state index contributed by atoms with van der Waals surface area (Å²) in [4.78, 5) is 83.1. The van der Waals surface area contributed by atoms with Gasteiger partial charge in [0.25, 0.3) is 23.6 Å². The number of aromatic nitrogens is 4. The Bertz CT molecular complexity index is 4860. The number of methoxy groups -OCH3 is 1. The number of ether oxygens (including phenoxy) is 2. The van der Waals surface area contributed by atoms with Gasteiger partial charge in [-0.2, -0.15) is 0 Å². The van der Waals surface area contributed by atoms with Crippen LogP contribution in [0.4, 0.5) is 44.9 Å². The number of para-hydroxylation sites is 1. The second kappa shape index (κ2) is 29.2. The van der Waals surface area contributed by atoms with E-state index in [0.717, 1.165) is 44.5 Å². The zero-order chi connectivity index (χ0) is 68.5. The molecule has 2 aliphatic heterocycles. The lowest BCUT2D eigenvalue weighted by Gasteiger charge is -2.15. The van der Waals surface area contributed by atoms with Crippen molar-refractivity contribution >= 4 is 89.8 Å². The number of unbranched alkanes of at least 4 members (excludes halogenated alkanes) is 2. The van der Waals surface area contributed by atoms with Crippen LogP contribution in [-0.4, -0.2) is 115 Å². The molecule has 10 aromatic rings. The lowest BCUT2D eigenvalue weighted by Crippen LogP contribution is -2.31. The maximum Gasteiger partial charge on any atom is 0.411 e. The zero-order valence-corrected chi connectivity index (χ0v) is 55.2. The summed E-state index contributed by atoms with van der Waals surface area (Å²) in [6.07, 6.45) is 3.56. The Hall–Kier alpha value is -11.6. The molecule has 8 aromatic carbocycles. The van der Waals surface area contributed by atoms with E-state index in [0.29, 0.717) is 92.3 Å². The number of rotatable bonds is 24. The van der Waals surface area contributed by atoms with Crippen molar-refractivity contribution in [3.63, 3.8) is 0 Å². The number of carbonyl (C=O) groups excluding carboxylic acids is 5. The third kappa shape index (κ3) is 15.2. The molecule has 2 aromatic heterocycles. The van der Waals surface area contributed by atoms with Gasteiger partial charge in [0.15, 0.2) is 0 Å². The van der Waals surface area contributed by atoms with Gasteiger partial charge in [-0.3, -0.25) is 43.7 Å². The topological polar surface area (TPSA) is 290 Å². The molecule has 0 atom stereocenters. The Morgan fingerprint density at radius 1 is 0.459 bits per heavy atom. The monoisotopic (exact) mass is 1350 g/mol. The lowest BCUT2D eigenvalue weighted by molar-refractivity contribution is 0.0637. The van der Waals surface area contributed by atoms with E-state index in [1.807, 2.05) is 85.8 Å². The molecular weight excluding hydrogens is 1280 g/mol. The van der Waals surface area contributed by atoms with E-state index >= 15 is 0 Å². The Balaban J connectivity index is 0.000000197. The second-order valence-corrected chi connectivity index (χ2v) is 27.2. The first kappa shape index (κ1) is 66.4. The first-order chi connectivity index (χ1) is 47.4. The molecule has 98 heavy (non-hydrogen) atoms. The van der Waals surface area contributed by atoms with Gasteiger partial charge in [-0.25, -0.2) is 41.6 Å². The van der Waals surface area contributed by atoms with E-state index in [9.17, 15) is 40.8 Å². The van der Waals surface area contributed by atoms with Gasteiger partial charge in [-0.05, 0) is 146 Å². The molecule has 5 N–H and O–H groups in total. The molecule has 5 amide bonds. The summed E-state index contributed by atoms with van der Waals surface area (Å²) in [6, 6.07) is 58.7. The van der Waals surface area contributed by atoms with E-state index in [4.69, 9.17) is 9.47 Å². The molecule has 0 radical (unpaired) electrons. The minimum absolute atomic E-state index is 0.0521. The van der Waals surface area contributed by atoms with Crippen molar-refractivity contribution in [3.8, 4) is 39.4 Å². The Kier molecular flexibility index (Phi) is 19.8. The highest BCUT2D eigenvalue weighted by Crippen LogP contribution is 2.45. The first-order valence-corrected chi connectivity index (χ1v) is 34.9. The number of fused-ring (bicyclic) bond motifs is 5. The third-order valence-electron chi connectivity index (χ3n) is 16.9. The quantitative estimate of drug-likeness (QED) is 0.0277. The van der Waals surface area contributed by atoms with Crippen molar-refractivity contribution in [3.05, 3.63) is 251 Å². The first-order valence-electron chi connectivity index (χ1n) is 31.6. The van der Waals surface area contributed by atoms with Gasteiger partial charge in [0.05, 0.1) is 63.6 Å². The molecule has 496 valence electrons. The van der Waals surface area contributed by atoms with E-state index in [2.05, 4.69) is 69.6 Å². The number of imide groups is 2. The highest BCUT2D eigenvalue weighted by molar-refractivity contribution is 7.93. The highest BCUT2D eigenvalue weighted by atomic mass is 32.2. The van der Waals surface area contributed by atoms with E-state index < -0.39 is 26.1 Å². The summed E-state index contributed by atoms with van der Waals surface area (Å²) >= 11 is 0. The fourth-order valence-corrected chi connectivity index (χ4v) is 14.4. The van der Waals surface area contributed by atoms with E-state index in [-0.39, 0.29) is 73.6 Å². The number of hydrogen-bond donors (Lipinski definition) is 5. The van der Waals surface area contributed by atoms with Gasteiger partial charge in [-0.1, -0.05) is 109 Å². The van der Waals surface area contributed by atoms with Gasteiger partial charge in [-0.15, -0.1) is 0 Å². The predicted octanol–water partition coefficient (Wildman–Crippen LogP) is 13.4. The maximum atomic E-state index is 13.1. The van der Waals surface area contributed by atoms with Crippen LogP contribution in [0.15, 0.2) is 207 Å². The van der Waals surface area contributed by atoms with Gasteiger partial charge < -0.3 is 20.1 Å². The average molecular weight is 1350 g/mol. The lowest BCUT2D eigenvalue weighted by atomic mass is 9.98. The van der Waals surface area contributed by atoms with Crippen LogP contribution in [0.25, 0.3) is 33.6 Å². The van der Waals surface area contributed by atoms with E-state index in [1.165, 1.54) is 22.5 Å². The fourth-order valence-electron chi connectivity index (χ4n) is 11.9. The molecule has 22 nitrogen and oxygen atoms in total. The van der Waals surface area contributed by atoms with Crippen molar-refractivity contribution in [1.82, 2.24) is 29.7 Å². The summed E-state index contributed by atoms with van der Waals surface area (Å²) in [5.74, 6) is -0.0911. The minimum atomic E-state index is -3.74. The molecule has 0 saturated carbocycles. The molecule has 24 heteroatoms. The van der Waals surface area contributed by atoms with Crippen LogP contribution in [0.5, 0.6) is 5.75 Å². The second-order valence-electron chi connectivity index (χ2n) is 23.5. The number of nitrogens with zero attached hydrogens (tertiary/aromatic N) is 6. The number of aryl methyl sites for hydroxylation is 2. The van der Waals surface area contributed by atoms with E-state index in [1.54, 1.807) is 105 Å². The fraction of sp³-hybridized carbons (Fsp3) is 0.176. The molecule has 0 unspecified atom stereocenters. The summed E-state index contributed by atoms with van der Waals surface area (Å²) in [5, 5.41) is 9.27. The Morgan fingerprint density at radius 2 is 0.898 bits per heavy atom. The molecule has 13 rings (SSSR count). The van der Waals surface area contributed by atoms with Crippen molar-refractivity contribution in [2.24, 2.45) is 0 Å². The van der Waals surface area contributed by atoms with Gasteiger partial charge in [0.1, 0.15) is 36.6 Å². The third-order valence-corrected chi connectivity index (χ3v) is 19.6. The molecule has 0 spiro atoms. The number of nitrogens with one attached hydrogen (secondary N) is 5. The highest BCUT2D eigenvalue weighted by Gasteiger charge is 2.36. The molecule has 4 heterocycles. The van der Waals surface area contributed by atoms with Crippen molar-refractivity contribution in [1.29, 1.82) is 0 Å². The molecular formula is C74H67N11O11S2. The van der Waals surface area contributed by atoms with Crippen molar-refractivity contribution < 1.29 is 50.3 Å². The Labute approximate surface area is 566 Å². The average Bonchev–Trinajstić information content (AvgIpc) is 1.61. The van der Waals surface area contributed by atoms with Crippen LogP contribution in [0.3, 0.4) is 0 Å². The van der Waals surface area contributed by atoms with Gasteiger partial charge in [0.2, 0.25) is 20.0 Å². The minimum Gasteiger partial charge on any atom is -0.496 e. The number of hydrogen-bond acceptors (Lipinski definition) is 17. The number of amides is 5. The molecule has 3 aliphatic rings. The van der Waals surface area contributed by atoms with Gasteiger partial charge in [0, 0.05) is 59.3 Å². The summed E-state index contributed by atoms with van der Waals surface area (Å²) in [6.45, 7) is 4.12. The van der Waals surface area contributed by atoms with Gasteiger partial charge >= 0.3 is 6.09 Å². The summed E-state index contributed by atoms with van der Waals surface area (Å²) < 4.78 is 68.4. The maximum absolute atomic E-state index is 13.1. The molecule has 0 bridgehead atoms. The standard InChI is InChI=1S/C44H38N6O6S.C30H29N5O5S/c1-28-19-20-31(24-39(28)49-57(54,55)22-9-8-21-50-42(51)36-17-6-7-18-37(36)43(50)52)47-41-25-40(45-27-46-41)29-11-10-12-30(23-29)48-44(53)56-26-38-34-15-4-2-13-32(34)33-14-3-5-16-35(33)38;1-20-13-14-21(33-28-18-26(31-19-32-28)24-11-5-6-12-27(24)40-2)17-25(20)34-41(38,39)16-8-7-15-35-29(36)22-9-3-4-10-23(22)30(35)37/h2-7,10-20,23-25,27,38,49H,8-9,21-22,26H2,1H3,(H,48,53)(H,45,46,47);3-6,9-14,17-19,34H,7-8,15-16H2,1-2H3,(H,31,32,33). The largest absolute Gasteiger partial charge is 0.496 e. The van der Waals surface area contributed by atoms with Crippen LogP contribution < -0.4 is 30.1 Å². The summed E-state index contributed by atoms with van der Waals surface area (Å²) in [7, 11) is -5.82. The van der Waals surface area contributed by atoms with Crippen LogP contribution in [0.2, 0.25) is 0 Å². The zero-order valence-electron chi connectivity index (χ0n) is 53.6. The number of carbonyl (C=O) groups is 5. The Morgan fingerprint density at radius 3 is 1.39 bits per heavy atom. The van der Waals surface area contributed by atoms with Crippen LogP contribution in [-0.2, 0) is 24.8 Å². The SMILES string of the molecule is COc1ccccc1-c1cc(Nc2ccc(C)c(NS(=O)(=O)CCCCN3C(=O)c4ccccc4C3=O)c2)ncn1.Cc1ccc(Nc2cc(-c3cccc(NC(=O)OCC4c5ccccc5-c5ccccc54)c3)ncn2)cc1NS(=O)(=O)CCCCN1C(=O)c2ccccc2C1=O. The summed E-state index contributed by atoms with van der Waals surface area (Å²) in [5.41, 5.74) is 13.0. The number of sulfonamides is 2. The van der Waals surface area contributed by atoms with Crippen LogP contribution >= 0.6 is 0 Å². The molecule has 0 fully saturated rings. The molecule has 1 aliphatic carbocycles.